The zero-order valence-corrected chi connectivity index (χ0v) is 12.3. The summed E-state index contributed by atoms with van der Waals surface area (Å²) in [6.07, 6.45) is 0.284. The monoisotopic (exact) mass is 312 g/mol. The highest BCUT2D eigenvalue weighted by Gasteiger charge is 2.33. The quantitative estimate of drug-likeness (QED) is 0.758. The van der Waals surface area contributed by atoms with Crippen LogP contribution < -0.4 is 15.6 Å². The number of sulfone groups is 1. The maximum atomic E-state index is 11.8. The zero-order valence-electron chi connectivity index (χ0n) is 11.5. The number of hydrazine groups is 1. The molecule has 2 amide bonds. The molecule has 1 aliphatic rings. The molecule has 1 heterocycles. The Kier molecular flexibility index (Phi) is 4.46. The van der Waals surface area contributed by atoms with E-state index in [2.05, 4.69) is 10.9 Å². The first kappa shape index (κ1) is 15.3. The van der Waals surface area contributed by atoms with Gasteiger partial charge in [-0.15, -0.1) is 0 Å². The molecule has 1 saturated heterocycles. The van der Waals surface area contributed by atoms with Crippen molar-refractivity contribution in [2.24, 2.45) is 5.92 Å². The lowest BCUT2D eigenvalue weighted by Gasteiger charge is -2.10. The summed E-state index contributed by atoms with van der Waals surface area (Å²) in [5.41, 5.74) is 4.88. The highest BCUT2D eigenvalue weighted by molar-refractivity contribution is 7.91. The molecule has 0 aliphatic carbocycles. The molecular weight excluding hydrogens is 296 g/mol. The summed E-state index contributed by atoms with van der Waals surface area (Å²) in [5, 5.41) is 0. The Labute approximate surface area is 122 Å². The number of ether oxygens (including phenoxy) is 1. The van der Waals surface area contributed by atoms with Crippen LogP contribution >= 0.6 is 0 Å². The second kappa shape index (κ2) is 6.13. The van der Waals surface area contributed by atoms with Crippen molar-refractivity contribution >= 4 is 21.7 Å². The van der Waals surface area contributed by atoms with Crippen molar-refractivity contribution in [2.75, 3.05) is 18.6 Å². The van der Waals surface area contributed by atoms with Crippen LogP contribution in [0.25, 0.3) is 0 Å². The van der Waals surface area contributed by atoms with Gasteiger partial charge >= 0.3 is 0 Å². The van der Waals surface area contributed by atoms with Crippen LogP contribution in [0, 0.1) is 5.92 Å². The molecule has 0 unspecified atom stereocenters. The van der Waals surface area contributed by atoms with Crippen LogP contribution in [-0.2, 0) is 14.6 Å². The normalized spacial score (nSPS) is 19.8. The van der Waals surface area contributed by atoms with E-state index in [4.69, 9.17) is 4.74 Å². The number of amides is 2. The van der Waals surface area contributed by atoms with Crippen LogP contribution in [0.5, 0.6) is 5.75 Å². The molecule has 7 nitrogen and oxygen atoms in total. The van der Waals surface area contributed by atoms with Gasteiger partial charge in [0.25, 0.3) is 5.91 Å². The number of nitrogens with one attached hydrogen (secondary N) is 2. The molecule has 114 valence electrons. The van der Waals surface area contributed by atoms with Gasteiger partial charge in [-0.3, -0.25) is 20.4 Å². The summed E-state index contributed by atoms with van der Waals surface area (Å²) in [6, 6.07) is 6.36. The third-order valence-corrected chi connectivity index (χ3v) is 5.02. The number of benzene rings is 1. The third kappa shape index (κ3) is 3.94. The lowest BCUT2D eigenvalue weighted by molar-refractivity contribution is -0.125. The molecular formula is C13H16N2O5S. The van der Waals surface area contributed by atoms with Crippen molar-refractivity contribution in [2.45, 2.75) is 6.42 Å². The summed E-state index contributed by atoms with van der Waals surface area (Å²) in [5.74, 6) is -1.11. The van der Waals surface area contributed by atoms with E-state index in [-0.39, 0.29) is 17.9 Å². The molecule has 21 heavy (non-hydrogen) atoms. The van der Waals surface area contributed by atoms with Crippen LogP contribution in [0.1, 0.15) is 16.8 Å². The molecule has 2 N–H and O–H groups in total. The average molecular weight is 312 g/mol. The van der Waals surface area contributed by atoms with Gasteiger partial charge in [0, 0.05) is 5.56 Å². The zero-order chi connectivity index (χ0) is 15.5. The molecule has 0 bridgehead atoms. The van der Waals surface area contributed by atoms with Gasteiger partial charge in [0.1, 0.15) is 5.75 Å². The van der Waals surface area contributed by atoms with Crippen molar-refractivity contribution in [3.8, 4) is 5.75 Å². The fraction of sp³-hybridized carbons (Fsp3) is 0.385. The van der Waals surface area contributed by atoms with E-state index in [1.54, 1.807) is 24.3 Å². The van der Waals surface area contributed by atoms with Crippen LogP contribution in [0.2, 0.25) is 0 Å². The van der Waals surface area contributed by atoms with Gasteiger partial charge < -0.3 is 4.74 Å². The SMILES string of the molecule is COc1ccc(C(=O)NNC(=O)[C@@H]2CCS(=O)(=O)C2)cc1. The second-order valence-electron chi connectivity index (χ2n) is 4.77. The van der Waals surface area contributed by atoms with Crippen molar-refractivity contribution in [3.63, 3.8) is 0 Å². The van der Waals surface area contributed by atoms with Gasteiger partial charge in [-0.1, -0.05) is 0 Å². The highest BCUT2D eigenvalue weighted by Crippen LogP contribution is 2.18. The fourth-order valence-corrected chi connectivity index (χ4v) is 3.78. The maximum absolute atomic E-state index is 11.8. The minimum absolute atomic E-state index is 0.0114. The Hall–Kier alpha value is -2.09. The molecule has 2 rings (SSSR count). The Morgan fingerprint density at radius 3 is 2.38 bits per heavy atom. The van der Waals surface area contributed by atoms with E-state index in [1.165, 1.54) is 7.11 Å². The Morgan fingerprint density at radius 2 is 1.86 bits per heavy atom. The number of hydrogen-bond donors (Lipinski definition) is 2. The van der Waals surface area contributed by atoms with Gasteiger partial charge in [-0.05, 0) is 30.7 Å². The molecule has 0 radical (unpaired) electrons. The molecule has 1 aliphatic heterocycles. The van der Waals surface area contributed by atoms with E-state index in [9.17, 15) is 18.0 Å². The van der Waals surface area contributed by atoms with E-state index < -0.39 is 27.6 Å². The first-order valence-electron chi connectivity index (χ1n) is 6.36. The summed E-state index contributed by atoms with van der Waals surface area (Å²) in [7, 11) is -1.61. The second-order valence-corrected chi connectivity index (χ2v) is 7.00. The van der Waals surface area contributed by atoms with Gasteiger partial charge in [0.2, 0.25) is 5.91 Å². The summed E-state index contributed by atoms with van der Waals surface area (Å²) >= 11 is 0. The van der Waals surface area contributed by atoms with Gasteiger partial charge in [-0.2, -0.15) is 0 Å². The Bertz CT molecular complexity index is 639. The minimum Gasteiger partial charge on any atom is -0.497 e. The van der Waals surface area contributed by atoms with Gasteiger partial charge in [0.05, 0.1) is 24.5 Å². The first-order valence-corrected chi connectivity index (χ1v) is 8.18. The van der Waals surface area contributed by atoms with Crippen molar-refractivity contribution < 1.29 is 22.7 Å². The summed E-state index contributed by atoms with van der Waals surface area (Å²) < 4.78 is 27.5. The molecule has 1 atom stereocenters. The van der Waals surface area contributed by atoms with E-state index in [0.717, 1.165) is 0 Å². The number of hydrogen-bond acceptors (Lipinski definition) is 5. The van der Waals surface area contributed by atoms with Gasteiger partial charge in [0.15, 0.2) is 9.84 Å². The van der Waals surface area contributed by atoms with Crippen LogP contribution in [0.4, 0.5) is 0 Å². The number of rotatable bonds is 3. The molecule has 0 saturated carbocycles. The summed E-state index contributed by atoms with van der Waals surface area (Å²) in [4.78, 5) is 23.6. The number of carbonyl (C=O) groups is 2. The fourth-order valence-electron chi connectivity index (χ4n) is 2.04. The first-order chi connectivity index (χ1) is 9.91. The Morgan fingerprint density at radius 1 is 1.19 bits per heavy atom. The van der Waals surface area contributed by atoms with Crippen molar-refractivity contribution in [3.05, 3.63) is 29.8 Å². The summed E-state index contributed by atoms with van der Waals surface area (Å²) in [6.45, 7) is 0. The average Bonchev–Trinajstić information content (AvgIpc) is 2.84. The molecule has 1 aromatic rings. The molecule has 1 fully saturated rings. The van der Waals surface area contributed by atoms with Crippen LogP contribution in [0.3, 0.4) is 0 Å². The predicted molar refractivity (Wildman–Crippen MR) is 75.4 cm³/mol. The lowest BCUT2D eigenvalue weighted by Crippen LogP contribution is -2.44. The van der Waals surface area contributed by atoms with Crippen LogP contribution in [-0.4, -0.2) is 38.8 Å². The Balaban J connectivity index is 1.87. The topological polar surface area (TPSA) is 102 Å². The standard InChI is InChI=1S/C13H16N2O5S/c1-20-11-4-2-9(3-5-11)12(16)14-15-13(17)10-6-7-21(18,19)8-10/h2-5,10H,6-8H2,1H3,(H,14,16)(H,15,17)/t10-/m1/s1. The largest absolute Gasteiger partial charge is 0.497 e. The molecule has 8 heteroatoms. The maximum Gasteiger partial charge on any atom is 0.269 e. The lowest BCUT2D eigenvalue weighted by atomic mass is 10.1. The molecule has 1 aromatic carbocycles. The molecule has 0 aromatic heterocycles. The number of methoxy groups -OCH3 is 1. The van der Waals surface area contributed by atoms with Crippen LogP contribution in [0.15, 0.2) is 24.3 Å². The molecule has 0 spiro atoms. The third-order valence-electron chi connectivity index (χ3n) is 3.25. The van der Waals surface area contributed by atoms with E-state index in [0.29, 0.717) is 11.3 Å². The van der Waals surface area contributed by atoms with Crippen molar-refractivity contribution in [1.29, 1.82) is 0 Å². The smallest absolute Gasteiger partial charge is 0.269 e. The van der Waals surface area contributed by atoms with Gasteiger partial charge in [-0.25, -0.2) is 8.42 Å². The minimum atomic E-state index is -3.13. The van der Waals surface area contributed by atoms with E-state index >= 15 is 0 Å². The number of carbonyl (C=O) groups excluding carboxylic acids is 2. The predicted octanol–water partition coefficient (Wildman–Crippen LogP) is -0.109. The van der Waals surface area contributed by atoms with E-state index in [1.807, 2.05) is 0 Å². The van der Waals surface area contributed by atoms with Crippen molar-refractivity contribution in [1.82, 2.24) is 10.9 Å². The highest BCUT2D eigenvalue weighted by atomic mass is 32.2.